The Labute approximate surface area is 156 Å². The molecule has 0 fully saturated rings. The standard InChI is InChI=1S/C21H21NOS2/c1-6-7-15-8-10-19-17(12-15)18-13-16(9-11-20(18)24-19)14(2)22-25(23)21(3,4)5/h8-13H,1-5H3/b22-14+. The van der Waals surface area contributed by atoms with Gasteiger partial charge in [-0.3, -0.25) is 0 Å². The topological polar surface area (TPSA) is 35.4 Å². The molecule has 1 aromatic heterocycles. The van der Waals surface area contributed by atoms with Gasteiger partial charge in [-0.05, 0) is 65.0 Å². The van der Waals surface area contributed by atoms with Crippen LogP contribution in [0.25, 0.3) is 20.2 Å². The van der Waals surface area contributed by atoms with Gasteiger partial charge in [-0.1, -0.05) is 16.4 Å². The summed E-state index contributed by atoms with van der Waals surface area (Å²) in [5, 5.41) is 2.42. The Bertz CT molecular complexity index is 1030. The van der Waals surface area contributed by atoms with E-state index in [0.29, 0.717) is 0 Å². The molecule has 0 radical (unpaired) electrons. The molecule has 0 saturated carbocycles. The van der Waals surface area contributed by atoms with Crippen LogP contribution in [0.2, 0.25) is 0 Å². The van der Waals surface area contributed by atoms with Crippen LogP contribution in [0.1, 0.15) is 45.7 Å². The van der Waals surface area contributed by atoms with Crippen molar-refractivity contribution < 1.29 is 4.55 Å². The zero-order valence-corrected chi connectivity index (χ0v) is 16.8. The molecule has 0 spiro atoms. The molecule has 0 aliphatic heterocycles. The smallest absolute Gasteiger partial charge is 0.144 e. The summed E-state index contributed by atoms with van der Waals surface area (Å²) >= 11 is 0.526. The number of hydrogen-bond acceptors (Lipinski definition) is 3. The third-order valence-electron chi connectivity index (χ3n) is 3.90. The fraction of sp³-hybridized carbons (Fsp3) is 0.286. The second-order valence-corrected chi connectivity index (χ2v) is 9.93. The summed E-state index contributed by atoms with van der Waals surface area (Å²) in [6.45, 7) is 9.58. The molecule has 0 bridgehead atoms. The number of thiophene rings is 1. The maximum atomic E-state index is 12.3. The molecule has 3 aromatic rings. The number of hydrogen-bond donors (Lipinski definition) is 0. The third-order valence-corrected chi connectivity index (χ3v) is 6.54. The van der Waals surface area contributed by atoms with Crippen molar-refractivity contribution in [3.8, 4) is 11.8 Å². The van der Waals surface area contributed by atoms with Crippen molar-refractivity contribution in [2.24, 2.45) is 4.40 Å². The predicted octanol–water partition coefficient (Wildman–Crippen LogP) is 5.70. The Balaban J connectivity index is 2.12. The Morgan fingerprint density at radius 3 is 2.36 bits per heavy atom. The van der Waals surface area contributed by atoms with Crippen LogP contribution < -0.4 is 0 Å². The van der Waals surface area contributed by atoms with E-state index in [4.69, 9.17) is 0 Å². The molecule has 1 unspecified atom stereocenters. The highest BCUT2D eigenvalue weighted by atomic mass is 32.2. The minimum atomic E-state index is -1.25. The van der Waals surface area contributed by atoms with E-state index in [-0.39, 0.29) is 4.75 Å². The largest absolute Gasteiger partial charge is 0.591 e. The zero-order valence-electron chi connectivity index (χ0n) is 15.1. The summed E-state index contributed by atoms with van der Waals surface area (Å²) in [6, 6.07) is 12.7. The average molecular weight is 368 g/mol. The monoisotopic (exact) mass is 367 g/mol. The molecule has 3 rings (SSSR count). The molecule has 0 aliphatic carbocycles. The van der Waals surface area contributed by atoms with Crippen molar-refractivity contribution in [2.75, 3.05) is 0 Å². The van der Waals surface area contributed by atoms with E-state index in [0.717, 1.165) is 16.8 Å². The quantitative estimate of drug-likeness (QED) is 0.325. The van der Waals surface area contributed by atoms with Crippen molar-refractivity contribution in [3.63, 3.8) is 0 Å². The maximum Gasteiger partial charge on any atom is 0.144 e. The Morgan fingerprint density at radius 2 is 1.72 bits per heavy atom. The van der Waals surface area contributed by atoms with E-state index >= 15 is 0 Å². The number of rotatable bonds is 2. The Hall–Kier alpha value is -1.80. The average Bonchev–Trinajstić information content (AvgIpc) is 2.91. The third kappa shape index (κ3) is 3.74. The lowest BCUT2D eigenvalue weighted by molar-refractivity contribution is 0.561. The molecule has 0 saturated heterocycles. The van der Waals surface area contributed by atoms with Gasteiger partial charge in [-0.25, -0.2) is 0 Å². The zero-order chi connectivity index (χ0) is 18.2. The first-order valence-corrected chi connectivity index (χ1v) is 10.1. The first-order valence-electron chi connectivity index (χ1n) is 8.16. The molecule has 128 valence electrons. The number of fused-ring (bicyclic) bond motifs is 3. The summed E-state index contributed by atoms with van der Waals surface area (Å²) in [5.41, 5.74) is 2.84. The van der Waals surface area contributed by atoms with Gasteiger partial charge in [0.15, 0.2) is 0 Å². The summed E-state index contributed by atoms with van der Waals surface area (Å²) in [4.78, 5) is 0. The van der Waals surface area contributed by atoms with Gasteiger partial charge >= 0.3 is 0 Å². The SMILES string of the molecule is CC#Cc1ccc2sc3ccc(/C(C)=N/[S+]([O-])C(C)(C)C)cc3c2c1. The van der Waals surface area contributed by atoms with Crippen molar-refractivity contribution in [3.05, 3.63) is 47.5 Å². The van der Waals surface area contributed by atoms with Gasteiger partial charge < -0.3 is 4.55 Å². The Morgan fingerprint density at radius 1 is 1.08 bits per heavy atom. The van der Waals surface area contributed by atoms with Crippen LogP contribution in [0.4, 0.5) is 0 Å². The van der Waals surface area contributed by atoms with Crippen LogP contribution in [-0.2, 0) is 11.4 Å². The fourth-order valence-corrected chi connectivity index (χ4v) is 4.23. The van der Waals surface area contributed by atoms with Gasteiger partial charge in [0.25, 0.3) is 0 Å². The molecule has 1 heterocycles. The lowest BCUT2D eigenvalue weighted by atomic mass is 10.1. The molecular formula is C21H21NOS2. The lowest BCUT2D eigenvalue weighted by Gasteiger charge is -2.18. The molecule has 4 heteroatoms. The highest BCUT2D eigenvalue weighted by Crippen LogP contribution is 2.35. The summed E-state index contributed by atoms with van der Waals surface area (Å²) in [5.74, 6) is 6.08. The van der Waals surface area contributed by atoms with Crippen LogP contribution in [-0.4, -0.2) is 15.0 Å². The van der Waals surface area contributed by atoms with Crippen LogP contribution in [0.5, 0.6) is 0 Å². The summed E-state index contributed by atoms with van der Waals surface area (Å²) < 4.78 is 18.8. The molecule has 2 nitrogen and oxygen atoms in total. The molecule has 1 atom stereocenters. The van der Waals surface area contributed by atoms with Gasteiger partial charge in [0, 0.05) is 31.3 Å². The van der Waals surface area contributed by atoms with Gasteiger partial charge in [0.2, 0.25) is 0 Å². The fourth-order valence-electron chi connectivity index (χ4n) is 2.54. The van der Waals surface area contributed by atoms with Crippen molar-refractivity contribution >= 4 is 48.6 Å². The first-order chi connectivity index (χ1) is 11.8. The Kier molecular flexibility index (Phi) is 4.92. The van der Waals surface area contributed by atoms with Crippen LogP contribution in [0.3, 0.4) is 0 Å². The molecule has 0 N–H and O–H groups in total. The van der Waals surface area contributed by atoms with Crippen molar-refractivity contribution in [1.29, 1.82) is 0 Å². The highest BCUT2D eigenvalue weighted by Gasteiger charge is 2.26. The van der Waals surface area contributed by atoms with Crippen LogP contribution in [0, 0.1) is 11.8 Å². The van der Waals surface area contributed by atoms with Gasteiger partial charge in [0.1, 0.15) is 16.1 Å². The van der Waals surface area contributed by atoms with Crippen molar-refractivity contribution in [2.45, 2.75) is 39.4 Å². The molecule has 0 amide bonds. The van der Waals surface area contributed by atoms with Crippen molar-refractivity contribution in [1.82, 2.24) is 0 Å². The summed E-state index contributed by atoms with van der Waals surface area (Å²) in [6.07, 6.45) is 0. The van der Waals surface area contributed by atoms with Gasteiger partial charge in [-0.15, -0.1) is 17.3 Å². The van der Waals surface area contributed by atoms with E-state index < -0.39 is 11.4 Å². The second kappa shape index (κ2) is 6.84. The maximum absolute atomic E-state index is 12.3. The van der Waals surface area contributed by atoms with E-state index in [2.05, 4.69) is 52.6 Å². The molecule has 2 aromatic carbocycles. The molecule has 25 heavy (non-hydrogen) atoms. The van der Waals surface area contributed by atoms with Crippen LogP contribution >= 0.6 is 11.3 Å². The normalized spacial score (nSPS) is 13.8. The number of nitrogens with zero attached hydrogens (tertiary/aromatic N) is 1. The number of benzene rings is 2. The second-order valence-electron chi connectivity index (χ2n) is 6.94. The van der Waals surface area contributed by atoms with Gasteiger partial charge in [-0.2, -0.15) is 0 Å². The predicted molar refractivity (Wildman–Crippen MR) is 112 cm³/mol. The van der Waals surface area contributed by atoms with E-state index in [1.54, 1.807) is 11.3 Å². The first kappa shape index (κ1) is 18.0. The van der Waals surface area contributed by atoms with E-state index in [1.165, 1.54) is 20.2 Å². The summed E-state index contributed by atoms with van der Waals surface area (Å²) in [7, 11) is 0. The molecule has 0 aliphatic rings. The minimum absolute atomic E-state index is 0.353. The minimum Gasteiger partial charge on any atom is -0.591 e. The van der Waals surface area contributed by atoms with Crippen LogP contribution in [0.15, 0.2) is 40.8 Å². The van der Waals surface area contributed by atoms with E-state index in [1.807, 2.05) is 34.6 Å². The molecular weight excluding hydrogens is 346 g/mol. The van der Waals surface area contributed by atoms with E-state index in [9.17, 15) is 4.55 Å². The van der Waals surface area contributed by atoms with Gasteiger partial charge in [0.05, 0.1) is 5.71 Å². The highest BCUT2D eigenvalue weighted by molar-refractivity contribution is 7.91. The lowest BCUT2D eigenvalue weighted by Crippen LogP contribution is -2.26.